The first-order chi connectivity index (χ1) is 10.0. The van der Waals surface area contributed by atoms with E-state index in [0.29, 0.717) is 11.4 Å². The molecular formula is C16H28N2O2S. The number of likely N-dealkylation sites (N-methyl/N-ethyl adjacent to an activating group) is 1. The van der Waals surface area contributed by atoms with Gasteiger partial charge in [-0.1, -0.05) is 38.8 Å². The molecule has 0 aliphatic carbocycles. The largest absolute Gasteiger partial charge is 0.317 e. The molecule has 0 spiro atoms. The average Bonchev–Trinajstić information content (AvgIpc) is 2.48. The monoisotopic (exact) mass is 312 g/mol. The molecule has 0 radical (unpaired) electrons. The van der Waals surface area contributed by atoms with Gasteiger partial charge in [0.05, 0.1) is 4.90 Å². The fourth-order valence-corrected chi connectivity index (χ4v) is 3.33. The summed E-state index contributed by atoms with van der Waals surface area (Å²) in [5, 5.41) is 3.26. The fraction of sp³-hybridized carbons (Fsp3) is 0.625. The predicted octanol–water partition coefficient (Wildman–Crippen LogP) is 2.65. The summed E-state index contributed by atoms with van der Waals surface area (Å²) in [6.45, 7) is 6.64. The smallest absolute Gasteiger partial charge is 0.242 e. The fourth-order valence-electron chi connectivity index (χ4n) is 2.12. The molecule has 0 atom stereocenters. The van der Waals surface area contributed by atoms with Gasteiger partial charge in [-0.25, -0.2) is 12.7 Å². The SMILES string of the molecule is CCCCCN(C)S(=O)(=O)c1ccc(CCNCC)cc1. The van der Waals surface area contributed by atoms with Crippen molar-refractivity contribution in [3.8, 4) is 0 Å². The van der Waals surface area contributed by atoms with E-state index in [-0.39, 0.29) is 0 Å². The lowest BCUT2D eigenvalue weighted by molar-refractivity contribution is 0.454. The van der Waals surface area contributed by atoms with Gasteiger partial charge in [-0.15, -0.1) is 0 Å². The van der Waals surface area contributed by atoms with Crippen LogP contribution in [0.2, 0.25) is 0 Å². The van der Waals surface area contributed by atoms with Crippen LogP contribution >= 0.6 is 0 Å². The summed E-state index contributed by atoms with van der Waals surface area (Å²) in [7, 11) is -1.69. The van der Waals surface area contributed by atoms with Crippen molar-refractivity contribution in [3.63, 3.8) is 0 Å². The van der Waals surface area contributed by atoms with Crippen LogP contribution in [0, 0.1) is 0 Å². The summed E-state index contributed by atoms with van der Waals surface area (Å²) in [4.78, 5) is 0.383. The van der Waals surface area contributed by atoms with Crippen molar-refractivity contribution in [1.82, 2.24) is 9.62 Å². The molecule has 120 valence electrons. The maximum Gasteiger partial charge on any atom is 0.242 e. The average molecular weight is 312 g/mol. The summed E-state index contributed by atoms with van der Waals surface area (Å²) >= 11 is 0. The molecule has 0 heterocycles. The quantitative estimate of drug-likeness (QED) is 0.676. The normalized spacial score (nSPS) is 12.0. The van der Waals surface area contributed by atoms with Gasteiger partial charge < -0.3 is 5.32 Å². The maximum absolute atomic E-state index is 12.4. The second kappa shape index (κ2) is 9.18. The molecule has 0 saturated carbocycles. The van der Waals surface area contributed by atoms with Crippen LogP contribution in [-0.4, -0.2) is 39.4 Å². The number of sulfonamides is 1. The minimum absolute atomic E-state index is 0.383. The Morgan fingerprint density at radius 1 is 1.10 bits per heavy atom. The van der Waals surface area contributed by atoms with Gasteiger partial charge in [0.1, 0.15) is 0 Å². The lowest BCUT2D eigenvalue weighted by Crippen LogP contribution is -2.28. The predicted molar refractivity (Wildman–Crippen MR) is 88.0 cm³/mol. The summed E-state index contributed by atoms with van der Waals surface area (Å²) in [6, 6.07) is 7.24. The van der Waals surface area contributed by atoms with Crippen molar-refractivity contribution in [3.05, 3.63) is 29.8 Å². The lowest BCUT2D eigenvalue weighted by atomic mass is 10.1. The van der Waals surface area contributed by atoms with Crippen LogP contribution in [0.1, 0.15) is 38.7 Å². The third-order valence-electron chi connectivity index (χ3n) is 3.55. The lowest BCUT2D eigenvalue weighted by Gasteiger charge is -2.17. The molecule has 0 aliphatic heterocycles. The first-order valence-corrected chi connectivity index (χ1v) is 9.22. The zero-order valence-corrected chi connectivity index (χ0v) is 14.2. The van der Waals surface area contributed by atoms with Crippen LogP contribution in [0.4, 0.5) is 0 Å². The summed E-state index contributed by atoms with van der Waals surface area (Å²) in [5.41, 5.74) is 1.16. The Hall–Kier alpha value is -0.910. The van der Waals surface area contributed by atoms with Crippen molar-refractivity contribution < 1.29 is 8.42 Å². The number of nitrogens with one attached hydrogen (secondary N) is 1. The van der Waals surface area contributed by atoms with Crippen molar-refractivity contribution in [1.29, 1.82) is 0 Å². The third kappa shape index (κ3) is 5.77. The van der Waals surface area contributed by atoms with E-state index in [1.54, 1.807) is 19.2 Å². The van der Waals surface area contributed by atoms with Gasteiger partial charge in [0, 0.05) is 13.6 Å². The molecule has 0 saturated heterocycles. The molecule has 0 bridgehead atoms. The zero-order valence-electron chi connectivity index (χ0n) is 13.4. The van der Waals surface area contributed by atoms with Crippen molar-refractivity contribution in [2.45, 2.75) is 44.4 Å². The molecule has 1 aromatic carbocycles. The molecule has 5 heteroatoms. The summed E-state index contributed by atoms with van der Waals surface area (Å²) in [6.07, 6.45) is 3.98. The number of benzene rings is 1. The number of nitrogens with zero attached hydrogens (tertiary/aromatic N) is 1. The van der Waals surface area contributed by atoms with Gasteiger partial charge in [-0.3, -0.25) is 0 Å². The van der Waals surface area contributed by atoms with E-state index in [4.69, 9.17) is 0 Å². The van der Waals surface area contributed by atoms with Gasteiger partial charge in [-0.2, -0.15) is 0 Å². The van der Waals surface area contributed by atoms with Gasteiger partial charge in [0.15, 0.2) is 0 Å². The molecule has 0 amide bonds. The molecule has 1 rings (SSSR count). The number of hydrogen-bond acceptors (Lipinski definition) is 3. The molecule has 0 fully saturated rings. The van der Waals surface area contributed by atoms with Gasteiger partial charge in [-0.05, 0) is 43.6 Å². The highest BCUT2D eigenvalue weighted by Crippen LogP contribution is 2.16. The van der Waals surface area contributed by atoms with Crippen LogP contribution < -0.4 is 5.32 Å². The van der Waals surface area contributed by atoms with Crippen LogP contribution in [-0.2, 0) is 16.4 Å². The Bertz CT molecular complexity index is 498. The van der Waals surface area contributed by atoms with Crippen molar-refractivity contribution >= 4 is 10.0 Å². The van der Waals surface area contributed by atoms with Crippen molar-refractivity contribution in [2.24, 2.45) is 0 Å². The van der Waals surface area contributed by atoms with E-state index in [2.05, 4.69) is 19.2 Å². The van der Waals surface area contributed by atoms with E-state index in [1.807, 2.05) is 12.1 Å². The zero-order chi connectivity index (χ0) is 15.7. The number of hydrogen-bond donors (Lipinski definition) is 1. The molecular weight excluding hydrogens is 284 g/mol. The molecule has 1 aromatic rings. The third-order valence-corrected chi connectivity index (χ3v) is 5.42. The highest BCUT2D eigenvalue weighted by atomic mass is 32.2. The van der Waals surface area contributed by atoms with E-state index in [1.165, 1.54) is 4.31 Å². The Balaban J connectivity index is 2.66. The molecule has 1 N–H and O–H groups in total. The Kier molecular flexibility index (Phi) is 7.93. The van der Waals surface area contributed by atoms with Crippen molar-refractivity contribution in [2.75, 3.05) is 26.7 Å². The Labute approximate surface area is 129 Å². The highest BCUT2D eigenvalue weighted by Gasteiger charge is 2.19. The van der Waals surface area contributed by atoms with E-state index >= 15 is 0 Å². The molecule has 0 unspecified atom stereocenters. The number of rotatable bonds is 10. The number of unbranched alkanes of at least 4 members (excludes halogenated alkanes) is 2. The van der Waals surface area contributed by atoms with Gasteiger partial charge in [0.2, 0.25) is 10.0 Å². The van der Waals surface area contributed by atoms with Crippen LogP contribution in [0.15, 0.2) is 29.2 Å². The topological polar surface area (TPSA) is 49.4 Å². The summed E-state index contributed by atoms with van der Waals surface area (Å²) in [5.74, 6) is 0. The maximum atomic E-state index is 12.4. The second-order valence-corrected chi connectivity index (χ2v) is 7.33. The van der Waals surface area contributed by atoms with E-state index < -0.39 is 10.0 Å². The first-order valence-electron chi connectivity index (χ1n) is 7.78. The standard InChI is InChI=1S/C16H28N2O2S/c1-4-6-7-14-18(3)21(19,20)16-10-8-15(9-11-16)12-13-17-5-2/h8-11,17H,4-7,12-14H2,1-3H3. The van der Waals surface area contributed by atoms with Gasteiger partial charge >= 0.3 is 0 Å². The second-order valence-electron chi connectivity index (χ2n) is 5.28. The van der Waals surface area contributed by atoms with Crippen LogP contribution in [0.25, 0.3) is 0 Å². The molecule has 0 aromatic heterocycles. The minimum Gasteiger partial charge on any atom is -0.317 e. The van der Waals surface area contributed by atoms with E-state index in [0.717, 1.165) is 44.3 Å². The molecule has 0 aliphatic rings. The van der Waals surface area contributed by atoms with E-state index in [9.17, 15) is 8.42 Å². The summed E-state index contributed by atoms with van der Waals surface area (Å²) < 4.78 is 26.3. The highest BCUT2D eigenvalue weighted by molar-refractivity contribution is 7.89. The minimum atomic E-state index is -3.34. The van der Waals surface area contributed by atoms with Crippen LogP contribution in [0.3, 0.4) is 0 Å². The Morgan fingerprint density at radius 3 is 2.33 bits per heavy atom. The van der Waals surface area contributed by atoms with Gasteiger partial charge in [0.25, 0.3) is 0 Å². The first kappa shape index (κ1) is 18.1. The Morgan fingerprint density at radius 2 is 1.76 bits per heavy atom. The molecule has 4 nitrogen and oxygen atoms in total. The molecule has 21 heavy (non-hydrogen) atoms. The van der Waals surface area contributed by atoms with Crippen LogP contribution in [0.5, 0.6) is 0 Å².